The Bertz CT molecular complexity index is 1030. The number of nitrogens with one attached hydrogen (secondary N) is 3. The largest absolute Gasteiger partial charge is 0.496 e. The van der Waals surface area contributed by atoms with E-state index in [1.807, 2.05) is 12.1 Å². The minimum atomic E-state index is -0.408. The zero-order valence-electron chi connectivity index (χ0n) is 19.4. The first kappa shape index (κ1) is 24.6. The van der Waals surface area contributed by atoms with Crippen molar-refractivity contribution in [3.8, 4) is 5.75 Å². The molecule has 2 aliphatic rings. The molecule has 2 bridgehead atoms. The molecule has 182 valence electrons. The van der Waals surface area contributed by atoms with Gasteiger partial charge in [-0.1, -0.05) is 35.3 Å². The van der Waals surface area contributed by atoms with E-state index in [-0.39, 0.29) is 24.1 Å². The number of nitrogens with zero attached hydrogens (tertiary/aromatic N) is 1. The molecule has 0 spiro atoms. The highest BCUT2D eigenvalue weighted by atomic mass is 35.5. The molecule has 0 aromatic heterocycles. The number of amides is 2. The first-order chi connectivity index (χ1) is 16.4. The Morgan fingerprint density at radius 1 is 1.09 bits per heavy atom. The molecule has 2 saturated heterocycles. The van der Waals surface area contributed by atoms with Crippen molar-refractivity contribution in [3.63, 3.8) is 0 Å². The van der Waals surface area contributed by atoms with Crippen LogP contribution < -0.4 is 20.7 Å². The third-order valence-electron chi connectivity index (χ3n) is 6.74. The van der Waals surface area contributed by atoms with E-state index in [4.69, 9.17) is 27.9 Å². The molecule has 2 fully saturated rings. The quantitative estimate of drug-likeness (QED) is 0.504. The molecular formula is C25H30Cl2N4O3. The summed E-state index contributed by atoms with van der Waals surface area (Å²) >= 11 is 12.2. The minimum absolute atomic E-state index is 0.103. The van der Waals surface area contributed by atoms with Gasteiger partial charge in [-0.3, -0.25) is 14.5 Å². The van der Waals surface area contributed by atoms with Gasteiger partial charge >= 0.3 is 0 Å². The van der Waals surface area contributed by atoms with Gasteiger partial charge in [-0.25, -0.2) is 0 Å². The SMILES string of the molecule is CNc1cc(OC)c(C(=O)NCC(=O)N[C@H]2C[C@H]3CC[C@@H](C2)N3Cc2ccc(Cl)cc2)cc1Cl. The van der Waals surface area contributed by atoms with Gasteiger partial charge in [0, 0.05) is 42.8 Å². The van der Waals surface area contributed by atoms with Crippen LogP contribution in [0.1, 0.15) is 41.6 Å². The molecule has 4 rings (SSSR count). The molecule has 9 heteroatoms. The van der Waals surface area contributed by atoms with Crippen molar-refractivity contribution in [1.29, 1.82) is 0 Å². The van der Waals surface area contributed by atoms with Gasteiger partial charge in [0.1, 0.15) is 5.75 Å². The molecule has 0 radical (unpaired) electrons. The second-order valence-corrected chi connectivity index (χ2v) is 9.73. The van der Waals surface area contributed by atoms with Crippen LogP contribution in [0.3, 0.4) is 0 Å². The predicted octanol–water partition coefficient (Wildman–Crippen LogP) is 4.09. The zero-order chi connectivity index (χ0) is 24.2. The van der Waals surface area contributed by atoms with Gasteiger partial charge < -0.3 is 20.7 Å². The van der Waals surface area contributed by atoms with Crippen LogP contribution in [0.5, 0.6) is 5.75 Å². The fourth-order valence-corrected chi connectivity index (χ4v) is 5.46. The molecule has 2 aromatic rings. The number of hydrogen-bond donors (Lipinski definition) is 3. The third-order valence-corrected chi connectivity index (χ3v) is 7.31. The normalized spacial score (nSPS) is 21.7. The Balaban J connectivity index is 1.29. The van der Waals surface area contributed by atoms with E-state index in [2.05, 4.69) is 33.0 Å². The fraction of sp³-hybridized carbons (Fsp3) is 0.440. The molecule has 3 N–H and O–H groups in total. The summed E-state index contributed by atoms with van der Waals surface area (Å²) in [5.41, 5.74) is 2.20. The van der Waals surface area contributed by atoms with E-state index in [9.17, 15) is 9.59 Å². The van der Waals surface area contributed by atoms with Crippen molar-refractivity contribution in [3.05, 3.63) is 57.6 Å². The van der Waals surface area contributed by atoms with E-state index < -0.39 is 5.91 Å². The second kappa shape index (κ2) is 10.8. The zero-order valence-corrected chi connectivity index (χ0v) is 20.9. The summed E-state index contributed by atoms with van der Waals surface area (Å²) < 4.78 is 5.31. The lowest BCUT2D eigenvalue weighted by Crippen LogP contribution is -2.51. The summed E-state index contributed by atoms with van der Waals surface area (Å²) in [6.07, 6.45) is 4.12. The maximum absolute atomic E-state index is 12.7. The van der Waals surface area contributed by atoms with Gasteiger partial charge in [-0.05, 0) is 49.4 Å². The number of carbonyl (C=O) groups is 2. The summed E-state index contributed by atoms with van der Waals surface area (Å²) in [6, 6.07) is 12.2. The summed E-state index contributed by atoms with van der Waals surface area (Å²) in [7, 11) is 3.22. The molecule has 3 atom stereocenters. The monoisotopic (exact) mass is 504 g/mol. The Labute approximate surface area is 210 Å². The summed E-state index contributed by atoms with van der Waals surface area (Å²) in [5.74, 6) is -0.216. The van der Waals surface area contributed by atoms with Crippen LogP contribution in [0.2, 0.25) is 10.0 Å². The van der Waals surface area contributed by atoms with Crippen molar-refractivity contribution < 1.29 is 14.3 Å². The number of ether oxygens (including phenoxy) is 1. The standard InChI is InChI=1S/C25H30Cl2N4O3/c1-28-22-12-23(34-2)20(11-21(22)27)25(33)29-13-24(32)30-17-9-18-7-8-19(10-17)31(18)14-15-3-5-16(26)6-4-15/h3-6,11-12,17-19,28H,7-10,13-14H2,1-2H3,(H,29,33)(H,30,32)/t17-,18+,19-. The molecule has 34 heavy (non-hydrogen) atoms. The van der Waals surface area contributed by atoms with Gasteiger partial charge in [0.2, 0.25) is 5.91 Å². The number of methoxy groups -OCH3 is 1. The number of anilines is 1. The molecule has 0 aliphatic carbocycles. The van der Waals surface area contributed by atoms with Crippen molar-refractivity contribution >= 4 is 40.7 Å². The highest BCUT2D eigenvalue weighted by molar-refractivity contribution is 6.33. The highest BCUT2D eigenvalue weighted by Gasteiger charge is 2.40. The van der Waals surface area contributed by atoms with Crippen molar-refractivity contribution in [2.24, 2.45) is 0 Å². The maximum Gasteiger partial charge on any atom is 0.255 e. The number of hydrogen-bond acceptors (Lipinski definition) is 5. The predicted molar refractivity (Wildman–Crippen MR) is 135 cm³/mol. The van der Waals surface area contributed by atoms with E-state index in [1.54, 1.807) is 13.1 Å². The summed E-state index contributed by atoms with van der Waals surface area (Å²) in [6.45, 7) is 0.799. The smallest absolute Gasteiger partial charge is 0.255 e. The minimum Gasteiger partial charge on any atom is -0.496 e. The maximum atomic E-state index is 12.7. The Morgan fingerprint density at radius 2 is 1.76 bits per heavy atom. The lowest BCUT2D eigenvalue weighted by Gasteiger charge is -2.39. The number of rotatable bonds is 8. The average Bonchev–Trinajstić information content (AvgIpc) is 3.05. The van der Waals surface area contributed by atoms with Gasteiger partial charge in [0.15, 0.2) is 0 Å². The van der Waals surface area contributed by atoms with Crippen LogP contribution in [0.15, 0.2) is 36.4 Å². The molecule has 2 heterocycles. The van der Waals surface area contributed by atoms with Crippen molar-refractivity contribution in [2.45, 2.75) is 50.4 Å². The van der Waals surface area contributed by atoms with Gasteiger partial charge in [0.05, 0.1) is 29.9 Å². The number of benzene rings is 2. The highest BCUT2D eigenvalue weighted by Crippen LogP contribution is 2.37. The number of piperidine rings is 1. The summed E-state index contributed by atoms with van der Waals surface area (Å²) in [4.78, 5) is 27.8. The molecule has 2 aliphatic heterocycles. The average molecular weight is 505 g/mol. The van der Waals surface area contributed by atoms with Crippen LogP contribution in [0.4, 0.5) is 5.69 Å². The Kier molecular flexibility index (Phi) is 7.86. The number of carbonyl (C=O) groups excluding carboxylic acids is 2. The van der Waals surface area contributed by atoms with E-state index in [1.165, 1.54) is 18.7 Å². The molecule has 2 aromatic carbocycles. The first-order valence-electron chi connectivity index (χ1n) is 11.5. The summed E-state index contributed by atoms with van der Waals surface area (Å²) in [5, 5.41) is 9.89. The third kappa shape index (κ3) is 5.59. The molecule has 0 unspecified atom stereocenters. The first-order valence-corrected chi connectivity index (χ1v) is 12.3. The lowest BCUT2D eigenvalue weighted by atomic mass is 9.96. The Hall–Kier alpha value is -2.48. The van der Waals surface area contributed by atoms with Crippen molar-refractivity contribution in [1.82, 2.24) is 15.5 Å². The topological polar surface area (TPSA) is 82.7 Å². The van der Waals surface area contributed by atoms with Crippen LogP contribution in [0, 0.1) is 0 Å². The second-order valence-electron chi connectivity index (χ2n) is 8.88. The van der Waals surface area contributed by atoms with Gasteiger partial charge in [0.25, 0.3) is 5.91 Å². The molecule has 2 amide bonds. The van der Waals surface area contributed by atoms with E-state index in [0.29, 0.717) is 28.5 Å². The Morgan fingerprint density at radius 3 is 2.38 bits per heavy atom. The number of halogens is 2. The van der Waals surface area contributed by atoms with E-state index in [0.717, 1.165) is 37.3 Å². The van der Waals surface area contributed by atoms with Crippen LogP contribution in [0.25, 0.3) is 0 Å². The molecule has 7 nitrogen and oxygen atoms in total. The molecular weight excluding hydrogens is 475 g/mol. The number of fused-ring (bicyclic) bond motifs is 2. The lowest BCUT2D eigenvalue weighted by molar-refractivity contribution is -0.121. The van der Waals surface area contributed by atoms with Gasteiger partial charge in [-0.15, -0.1) is 0 Å². The van der Waals surface area contributed by atoms with Gasteiger partial charge in [-0.2, -0.15) is 0 Å². The van der Waals surface area contributed by atoms with E-state index >= 15 is 0 Å². The van der Waals surface area contributed by atoms with Crippen molar-refractivity contribution in [2.75, 3.05) is 26.0 Å². The van der Waals surface area contributed by atoms with Crippen LogP contribution in [-0.4, -0.2) is 55.5 Å². The van der Waals surface area contributed by atoms with Crippen LogP contribution in [-0.2, 0) is 11.3 Å². The van der Waals surface area contributed by atoms with Crippen LogP contribution >= 0.6 is 23.2 Å². The molecule has 0 saturated carbocycles. The fourth-order valence-electron chi connectivity index (χ4n) is 5.08.